The molecule has 10 heteroatoms. The summed E-state index contributed by atoms with van der Waals surface area (Å²) in [5.41, 5.74) is 0. The van der Waals surface area contributed by atoms with Gasteiger partial charge in [0.1, 0.15) is 0 Å². The first-order valence-electron chi connectivity index (χ1n) is 4.49. The number of benzene rings is 1. The van der Waals surface area contributed by atoms with E-state index in [-0.39, 0.29) is 5.02 Å². The minimum atomic E-state index is -6.00. The highest BCUT2D eigenvalue weighted by Crippen LogP contribution is 2.41. The van der Waals surface area contributed by atoms with E-state index in [9.17, 15) is 34.8 Å². The lowest BCUT2D eigenvalue weighted by Crippen LogP contribution is -2.47. The number of rotatable bonds is 3. The predicted molar refractivity (Wildman–Crippen MR) is 54.5 cm³/mol. The van der Waals surface area contributed by atoms with E-state index in [0.717, 1.165) is 12.1 Å². The first-order valence-corrected chi connectivity index (χ1v) is 6.35. The van der Waals surface area contributed by atoms with E-state index >= 15 is 0 Å². The minimum absolute atomic E-state index is 0.0186. The molecule has 1 aromatic carbocycles. The van der Waals surface area contributed by atoms with Gasteiger partial charge in [0.2, 0.25) is 9.84 Å². The van der Waals surface area contributed by atoms with E-state index < -0.39 is 32.3 Å². The van der Waals surface area contributed by atoms with E-state index in [2.05, 4.69) is 0 Å². The summed E-state index contributed by atoms with van der Waals surface area (Å²) in [4.78, 5) is -1.16. The average Bonchev–Trinajstić information content (AvgIpc) is 2.27. The third-order valence-corrected chi connectivity index (χ3v) is 4.13. The van der Waals surface area contributed by atoms with Crippen molar-refractivity contribution in [2.45, 2.75) is 22.5 Å². The monoisotopic (exact) mass is 326 g/mol. The molecular formula is C9H5ClF6O2S. The van der Waals surface area contributed by atoms with Crippen molar-refractivity contribution in [3.8, 4) is 0 Å². The molecule has 1 aromatic rings. The van der Waals surface area contributed by atoms with E-state index in [1.54, 1.807) is 0 Å². The molecule has 0 bridgehead atoms. The van der Waals surface area contributed by atoms with E-state index in [0.29, 0.717) is 12.1 Å². The number of alkyl halides is 6. The fourth-order valence-electron chi connectivity index (χ4n) is 1.10. The first kappa shape index (κ1) is 16.1. The summed E-state index contributed by atoms with van der Waals surface area (Å²) in [5, 5.41) is -5.64. The van der Waals surface area contributed by atoms with Crippen molar-refractivity contribution in [2.24, 2.45) is 0 Å². The zero-order valence-corrected chi connectivity index (χ0v) is 10.3. The molecule has 0 saturated heterocycles. The molecule has 1 rings (SSSR count). The van der Waals surface area contributed by atoms with Gasteiger partial charge in [-0.25, -0.2) is 12.8 Å². The van der Waals surface area contributed by atoms with Crippen LogP contribution in [0.3, 0.4) is 0 Å². The highest BCUT2D eigenvalue weighted by atomic mass is 35.5. The highest BCUT2D eigenvalue weighted by Gasteiger charge is 2.64. The molecule has 19 heavy (non-hydrogen) atoms. The van der Waals surface area contributed by atoms with Crippen LogP contribution >= 0.6 is 11.6 Å². The first-order chi connectivity index (χ1) is 8.40. The molecule has 0 spiro atoms. The van der Waals surface area contributed by atoms with Crippen LogP contribution in [0.2, 0.25) is 5.02 Å². The molecule has 0 aliphatic carbocycles. The van der Waals surface area contributed by atoms with Crippen molar-refractivity contribution in [3.63, 3.8) is 0 Å². The number of halogens is 7. The summed E-state index contributed by atoms with van der Waals surface area (Å²) in [5.74, 6) is 0. The van der Waals surface area contributed by atoms with Gasteiger partial charge < -0.3 is 0 Å². The van der Waals surface area contributed by atoms with Gasteiger partial charge in [-0.05, 0) is 24.3 Å². The maximum atomic E-state index is 13.2. The number of sulfone groups is 1. The molecule has 0 saturated carbocycles. The van der Waals surface area contributed by atoms with Crippen LogP contribution in [0.25, 0.3) is 0 Å². The van der Waals surface area contributed by atoms with E-state index in [1.165, 1.54) is 0 Å². The van der Waals surface area contributed by atoms with Crippen LogP contribution in [0.1, 0.15) is 0 Å². The van der Waals surface area contributed by atoms with Crippen molar-refractivity contribution in [1.82, 2.24) is 0 Å². The van der Waals surface area contributed by atoms with Gasteiger partial charge in [0, 0.05) is 5.02 Å². The standard InChI is InChI=1S/C9H5ClF6O2S/c10-5-1-3-6(4-2-5)19(17,18)9(15,16)7(11)8(12,13)14/h1-4,7H/t7-/m0/s1. The molecular weight excluding hydrogens is 322 g/mol. The molecule has 2 nitrogen and oxygen atoms in total. The molecule has 108 valence electrons. The number of hydrogen-bond donors (Lipinski definition) is 0. The molecule has 0 unspecified atom stereocenters. The molecule has 0 radical (unpaired) electrons. The topological polar surface area (TPSA) is 34.1 Å². The SMILES string of the molecule is O=S(=O)(c1ccc(Cl)cc1)C(F)(F)[C@@H](F)C(F)(F)F. The Kier molecular flexibility index (Phi) is 4.12. The minimum Gasteiger partial charge on any atom is -0.229 e. The third-order valence-electron chi connectivity index (χ3n) is 2.06. The molecule has 1 atom stereocenters. The Bertz CT molecular complexity index is 551. The molecule has 0 aliphatic heterocycles. The molecule has 0 aliphatic rings. The molecule has 0 N–H and O–H groups in total. The zero-order valence-electron chi connectivity index (χ0n) is 8.76. The van der Waals surface area contributed by atoms with E-state index in [4.69, 9.17) is 11.6 Å². The molecule has 0 aromatic heterocycles. The van der Waals surface area contributed by atoms with Crippen LogP contribution in [-0.4, -0.2) is 26.0 Å². The van der Waals surface area contributed by atoms with Crippen LogP contribution < -0.4 is 0 Å². The Labute approximate surface area is 108 Å². The Balaban J connectivity index is 3.30. The lowest BCUT2D eigenvalue weighted by Gasteiger charge is -2.22. The Morgan fingerprint density at radius 1 is 1.00 bits per heavy atom. The maximum Gasteiger partial charge on any atom is 0.426 e. The Hall–Kier alpha value is -0.960. The Morgan fingerprint density at radius 2 is 1.42 bits per heavy atom. The average molecular weight is 327 g/mol. The van der Waals surface area contributed by atoms with Crippen molar-refractivity contribution >= 4 is 21.4 Å². The van der Waals surface area contributed by atoms with Gasteiger partial charge in [0.05, 0.1) is 4.90 Å². The van der Waals surface area contributed by atoms with Crippen molar-refractivity contribution in [2.75, 3.05) is 0 Å². The lowest BCUT2D eigenvalue weighted by molar-refractivity contribution is -0.221. The normalized spacial score (nSPS) is 15.3. The number of hydrogen-bond acceptors (Lipinski definition) is 2. The smallest absolute Gasteiger partial charge is 0.229 e. The quantitative estimate of drug-likeness (QED) is 0.795. The van der Waals surface area contributed by atoms with Crippen LogP contribution in [0.5, 0.6) is 0 Å². The summed E-state index contributed by atoms with van der Waals surface area (Å²) in [6.07, 6.45) is -10.8. The largest absolute Gasteiger partial charge is 0.426 e. The fourth-order valence-corrected chi connectivity index (χ4v) is 2.44. The Morgan fingerprint density at radius 3 is 1.79 bits per heavy atom. The van der Waals surface area contributed by atoms with Crippen LogP contribution in [0.4, 0.5) is 26.3 Å². The van der Waals surface area contributed by atoms with Gasteiger partial charge in [-0.3, -0.25) is 0 Å². The highest BCUT2D eigenvalue weighted by molar-refractivity contribution is 7.92. The maximum absolute atomic E-state index is 13.2. The van der Waals surface area contributed by atoms with Gasteiger partial charge in [-0.2, -0.15) is 22.0 Å². The second-order valence-corrected chi connectivity index (χ2v) is 5.88. The third kappa shape index (κ3) is 2.97. The van der Waals surface area contributed by atoms with Crippen LogP contribution in [0.15, 0.2) is 29.2 Å². The van der Waals surface area contributed by atoms with Gasteiger partial charge in [0.15, 0.2) is 0 Å². The fraction of sp³-hybridized carbons (Fsp3) is 0.333. The van der Waals surface area contributed by atoms with Crippen molar-refractivity contribution in [3.05, 3.63) is 29.3 Å². The summed E-state index contributed by atoms with van der Waals surface area (Å²) < 4.78 is 97.4. The zero-order chi connectivity index (χ0) is 15.1. The van der Waals surface area contributed by atoms with Crippen LogP contribution in [0, 0.1) is 0 Å². The van der Waals surface area contributed by atoms with E-state index in [1.807, 2.05) is 0 Å². The predicted octanol–water partition coefficient (Wildman–Crippen LogP) is 3.61. The van der Waals surface area contributed by atoms with Gasteiger partial charge in [-0.15, -0.1) is 0 Å². The van der Waals surface area contributed by atoms with Crippen LogP contribution in [-0.2, 0) is 9.84 Å². The molecule has 0 amide bonds. The summed E-state index contributed by atoms with van der Waals surface area (Å²) >= 11 is 5.37. The van der Waals surface area contributed by atoms with Gasteiger partial charge in [0.25, 0.3) is 6.17 Å². The summed E-state index contributed by atoms with van der Waals surface area (Å²) in [6, 6.07) is 2.89. The van der Waals surface area contributed by atoms with Gasteiger partial charge in [-0.1, -0.05) is 11.6 Å². The van der Waals surface area contributed by atoms with Crippen molar-refractivity contribution < 1.29 is 34.8 Å². The summed E-state index contributed by atoms with van der Waals surface area (Å²) in [7, 11) is -5.82. The van der Waals surface area contributed by atoms with Gasteiger partial charge >= 0.3 is 11.4 Å². The molecule has 0 fully saturated rings. The molecule has 0 heterocycles. The second-order valence-electron chi connectivity index (χ2n) is 3.42. The summed E-state index contributed by atoms with van der Waals surface area (Å²) in [6.45, 7) is 0. The second kappa shape index (κ2) is 4.86. The van der Waals surface area contributed by atoms with Crippen molar-refractivity contribution in [1.29, 1.82) is 0 Å². The lowest BCUT2D eigenvalue weighted by atomic mass is 10.4.